The van der Waals surface area contributed by atoms with Gasteiger partial charge in [0.15, 0.2) is 5.82 Å². The lowest BCUT2D eigenvalue weighted by Gasteiger charge is -2.15. The molecule has 2 aromatic heterocycles. The van der Waals surface area contributed by atoms with Crippen molar-refractivity contribution in [1.29, 1.82) is 0 Å². The summed E-state index contributed by atoms with van der Waals surface area (Å²) in [5.74, 6) is 0.914. The molecule has 0 radical (unpaired) electrons. The van der Waals surface area contributed by atoms with E-state index in [1.165, 1.54) is 0 Å². The van der Waals surface area contributed by atoms with E-state index in [4.69, 9.17) is 5.10 Å². The predicted molar refractivity (Wildman–Crippen MR) is 101 cm³/mol. The lowest BCUT2D eigenvalue weighted by Crippen LogP contribution is -2.25. The molecule has 0 unspecified atom stereocenters. The zero-order valence-corrected chi connectivity index (χ0v) is 15.6. The van der Waals surface area contributed by atoms with E-state index >= 15 is 0 Å². The Labute approximate surface area is 157 Å². The molecule has 140 valence electrons. The monoisotopic (exact) mass is 365 g/mol. The van der Waals surface area contributed by atoms with Crippen molar-refractivity contribution in [3.63, 3.8) is 0 Å². The van der Waals surface area contributed by atoms with Crippen LogP contribution in [0.2, 0.25) is 0 Å². The number of aromatic nitrogens is 6. The van der Waals surface area contributed by atoms with E-state index in [1.807, 2.05) is 41.9 Å². The number of carbonyl (C=O) groups excluding carboxylic acids is 1. The molecule has 27 heavy (non-hydrogen) atoms. The standard InChI is InChI=1S/C19H23N7O/c1-3-16-13(2)17(26(22-16)14-9-5-4-6-10-14)20-19(27)15-11-7-8-12-25-18(15)21-23-24-25/h4-6,9-10,15H,3,7-8,11-12H2,1-2H3,(H,20,27)/t15-/m0/s1. The highest BCUT2D eigenvalue weighted by atomic mass is 16.2. The number of carbonyl (C=O) groups is 1. The van der Waals surface area contributed by atoms with Crippen molar-refractivity contribution in [2.24, 2.45) is 0 Å². The number of amides is 1. The van der Waals surface area contributed by atoms with Crippen LogP contribution < -0.4 is 5.32 Å². The van der Waals surface area contributed by atoms with Crippen LogP contribution >= 0.6 is 0 Å². The lowest BCUT2D eigenvalue weighted by molar-refractivity contribution is -0.118. The van der Waals surface area contributed by atoms with Gasteiger partial charge in [-0.15, -0.1) is 5.10 Å². The maximum absolute atomic E-state index is 13.2. The number of rotatable bonds is 4. The van der Waals surface area contributed by atoms with Crippen LogP contribution in [0.5, 0.6) is 0 Å². The van der Waals surface area contributed by atoms with Gasteiger partial charge in [0.1, 0.15) is 5.82 Å². The summed E-state index contributed by atoms with van der Waals surface area (Å²) in [5.41, 5.74) is 2.88. The molecule has 3 heterocycles. The highest BCUT2D eigenvalue weighted by molar-refractivity contribution is 5.95. The third-order valence-corrected chi connectivity index (χ3v) is 5.10. The minimum Gasteiger partial charge on any atom is -0.310 e. The molecule has 3 aromatic rings. The second kappa shape index (κ2) is 7.30. The predicted octanol–water partition coefficient (Wildman–Crippen LogP) is 2.64. The normalized spacial score (nSPS) is 16.6. The van der Waals surface area contributed by atoms with Gasteiger partial charge in [-0.25, -0.2) is 9.36 Å². The Morgan fingerprint density at radius 1 is 1.26 bits per heavy atom. The van der Waals surface area contributed by atoms with E-state index in [-0.39, 0.29) is 11.8 Å². The highest BCUT2D eigenvalue weighted by Gasteiger charge is 2.30. The molecular weight excluding hydrogens is 342 g/mol. The van der Waals surface area contributed by atoms with E-state index in [0.717, 1.165) is 49.2 Å². The van der Waals surface area contributed by atoms with Crippen LogP contribution in [-0.4, -0.2) is 35.9 Å². The Kier molecular flexibility index (Phi) is 4.70. The summed E-state index contributed by atoms with van der Waals surface area (Å²) in [4.78, 5) is 13.2. The van der Waals surface area contributed by atoms with Crippen LogP contribution in [0.4, 0.5) is 5.82 Å². The third kappa shape index (κ3) is 3.22. The Hall–Kier alpha value is -3.03. The number of hydrogen-bond donors (Lipinski definition) is 1. The Morgan fingerprint density at radius 3 is 2.85 bits per heavy atom. The molecule has 0 saturated heterocycles. The first-order chi connectivity index (χ1) is 13.2. The van der Waals surface area contributed by atoms with Crippen molar-refractivity contribution in [3.8, 4) is 5.69 Å². The Bertz CT molecular complexity index is 944. The maximum atomic E-state index is 13.2. The second-order valence-corrected chi connectivity index (χ2v) is 6.82. The zero-order valence-electron chi connectivity index (χ0n) is 15.6. The minimum absolute atomic E-state index is 0.0872. The van der Waals surface area contributed by atoms with E-state index in [2.05, 4.69) is 27.8 Å². The van der Waals surface area contributed by atoms with Crippen molar-refractivity contribution in [1.82, 2.24) is 30.0 Å². The minimum atomic E-state index is -0.355. The molecule has 0 bridgehead atoms. The van der Waals surface area contributed by atoms with Gasteiger partial charge in [-0.05, 0) is 48.7 Å². The molecule has 8 nitrogen and oxygen atoms in total. The smallest absolute Gasteiger partial charge is 0.236 e. The van der Waals surface area contributed by atoms with Gasteiger partial charge >= 0.3 is 0 Å². The first-order valence-corrected chi connectivity index (χ1v) is 9.40. The fourth-order valence-electron chi connectivity index (χ4n) is 3.59. The van der Waals surface area contributed by atoms with Gasteiger partial charge in [0, 0.05) is 12.1 Å². The van der Waals surface area contributed by atoms with Crippen LogP contribution in [0.1, 0.15) is 49.2 Å². The number of hydrogen-bond acceptors (Lipinski definition) is 5. The first kappa shape index (κ1) is 17.4. The van der Waals surface area contributed by atoms with E-state index in [1.54, 1.807) is 4.68 Å². The number of fused-ring (bicyclic) bond motifs is 1. The number of nitrogens with zero attached hydrogens (tertiary/aromatic N) is 6. The summed E-state index contributed by atoms with van der Waals surface area (Å²) in [6, 6.07) is 9.84. The van der Waals surface area contributed by atoms with E-state index in [9.17, 15) is 4.79 Å². The molecule has 1 aliphatic heterocycles. The maximum Gasteiger partial charge on any atom is 0.236 e. The van der Waals surface area contributed by atoms with Gasteiger partial charge in [0.25, 0.3) is 0 Å². The number of aryl methyl sites for hydroxylation is 2. The van der Waals surface area contributed by atoms with Crippen LogP contribution in [0.15, 0.2) is 30.3 Å². The second-order valence-electron chi connectivity index (χ2n) is 6.82. The average Bonchev–Trinajstić information content (AvgIpc) is 3.21. The molecule has 1 aromatic carbocycles. The zero-order chi connectivity index (χ0) is 18.8. The van der Waals surface area contributed by atoms with Gasteiger partial charge in [0.2, 0.25) is 5.91 Å². The number of benzene rings is 1. The molecule has 8 heteroatoms. The van der Waals surface area contributed by atoms with Crippen LogP contribution in [-0.2, 0) is 17.8 Å². The molecular formula is C19H23N7O. The third-order valence-electron chi connectivity index (χ3n) is 5.10. The van der Waals surface area contributed by atoms with Gasteiger partial charge in [-0.2, -0.15) is 5.10 Å². The van der Waals surface area contributed by atoms with Crippen molar-refractivity contribution >= 4 is 11.7 Å². The van der Waals surface area contributed by atoms with E-state index in [0.29, 0.717) is 11.6 Å². The van der Waals surface area contributed by atoms with Crippen molar-refractivity contribution in [2.75, 3.05) is 5.32 Å². The number of nitrogens with one attached hydrogen (secondary N) is 1. The average molecular weight is 365 g/mol. The molecule has 1 N–H and O–H groups in total. The number of para-hydroxylation sites is 1. The summed E-state index contributed by atoms with van der Waals surface area (Å²) in [6.07, 6.45) is 3.48. The molecule has 4 rings (SSSR count). The van der Waals surface area contributed by atoms with Crippen molar-refractivity contribution in [3.05, 3.63) is 47.4 Å². The lowest BCUT2D eigenvalue weighted by atomic mass is 10.0. The van der Waals surface area contributed by atoms with Gasteiger partial charge in [-0.3, -0.25) is 4.79 Å². The summed E-state index contributed by atoms with van der Waals surface area (Å²) in [5, 5.41) is 19.7. The molecule has 0 saturated carbocycles. The Balaban J connectivity index is 1.69. The van der Waals surface area contributed by atoms with Crippen LogP contribution in [0.25, 0.3) is 5.69 Å². The summed E-state index contributed by atoms with van der Waals surface area (Å²) < 4.78 is 3.56. The molecule has 1 amide bonds. The largest absolute Gasteiger partial charge is 0.310 e. The van der Waals surface area contributed by atoms with Crippen molar-refractivity contribution < 1.29 is 4.79 Å². The summed E-state index contributed by atoms with van der Waals surface area (Å²) >= 11 is 0. The molecule has 0 fully saturated rings. The SMILES string of the molecule is CCc1nn(-c2ccccc2)c(NC(=O)[C@H]2CCCCn3nnnc32)c1C. The number of tetrazole rings is 1. The molecule has 0 aliphatic carbocycles. The van der Waals surface area contributed by atoms with Crippen LogP contribution in [0, 0.1) is 6.92 Å². The molecule has 1 aliphatic rings. The Morgan fingerprint density at radius 2 is 2.07 bits per heavy atom. The molecule has 0 spiro atoms. The first-order valence-electron chi connectivity index (χ1n) is 9.40. The highest BCUT2D eigenvalue weighted by Crippen LogP contribution is 2.28. The van der Waals surface area contributed by atoms with Gasteiger partial charge < -0.3 is 5.32 Å². The summed E-state index contributed by atoms with van der Waals surface area (Å²) in [6.45, 7) is 4.82. The number of anilines is 1. The van der Waals surface area contributed by atoms with Crippen molar-refractivity contribution in [2.45, 2.75) is 52.0 Å². The van der Waals surface area contributed by atoms with Gasteiger partial charge in [-0.1, -0.05) is 31.5 Å². The fourth-order valence-corrected chi connectivity index (χ4v) is 3.59. The summed E-state index contributed by atoms with van der Waals surface area (Å²) in [7, 11) is 0. The molecule has 1 atom stereocenters. The topological polar surface area (TPSA) is 90.5 Å². The van der Waals surface area contributed by atoms with Gasteiger partial charge in [0.05, 0.1) is 17.3 Å². The fraction of sp³-hybridized carbons (Fsp3) is 0.421. The quantitative estimate of drug-likeness (QED) is 0.767. The van der Waals surface area contributed by atoms with E-state index < -0.39 is 0 Å². The van der Waals surface area contributed by atoms with Crippen LogP contribution in [0.3, 0.4) is 0 Å².